The normalized spacial score (nSPS) is 10.7. The lowest BCUT2D eigenvalue weighted by atomic mass is 10.0. The van der Waals surface area contributed by atoms with Crippen LogP contribution in [0.5, 0.6) is 5.75 Å². The summed E-state index contributed by atoms with van der Waals surface area (Å²) in [6.07, 6.45) is 0.0328. The third-order valence-electron chi connectivity index (χ3n) is 2.86. The summed E-state index contributed by atoms with van der Waals surface area (Å²) < 4.78 is 6.52. The van der Waals surface area contributed by atoms with Gasteiger partial charge in [0.15, 0.2) is 5.78 Å². The van der Waals surface area contributed by atoms with Crippen molar-refractivity contribution in [3.8, 4) is 5.75 Å². The average molecular weight is 333 g/mol. The van der Waals surface area contributed by atoms with Crippen LogP contribution in [0.2, 0.25) is 0 Å². The van der Waals surface area contributed by atoms with Crippen molar-refractivity contribution in [2.45, 2.75) is 26.9 Å². The summed E-state index contributed by atoms with van der Waals surface area (Å²) in [4.78, 5) is 12.7. The van der Waals surface area contributed by atoms with E-state index in [-0.39, 0.29) is 11.9 Å². The van der Waals surface area contributed by atoms with E-state index in [2.05, 4.69) is 15.9 Å². The second-order valence-electron chi connectivity index (χ2n) is 4.98. The van der Waals surface area contributed by atoms with Crippen molar-refractivity contribution >= 4 is 21.7 Å². The first-order chi connectivity index (χ1) is 9.49. The van der Waals surface area contributed by atoms with E-state index in [9.17, 15) is 4.79 Å². The number of benzene rings is 2. The molecule has 0 unspecified atom stereocenters. The second kappa shape index (κ2) is 6.23. The zero-order valence-electron chi connectivity index (χ0n) is 11.8. The van der Waals surface area contributed by atoms with Crippen LogP contribution in [0, 0.1) is 6.92 Å². The molecule has 2 rings (SSSR count). The van der Waals surface area contributed by atoms with Crippen molar-refractivity contribution in [1.82, 2.24) is 0 Å². The Bertz CT molecular complexity index is 633. The number of para-hydroxylation sites is 1. The Balaban J connectivity index is 2.43. The summed E-state index contributed by atoms with van der Waals surface area (Å²) in [6, 6.07) is 13.1. The largest absolute Gasteiger partial charge is 0.490 e. The Hall–Kier alpha value is -1.61. The van der Waals surface area contributed by atoms with E-state index in [0.717, 1.165) is 10.0 Å². The van der Waals surface area contributed by atoms with Crippen molar-refractivity contribution in [1.29, 1.82) is 0 Å². The number of ketones is 1. The molecule has 3 heteroatoms. The Morgan fingerprint density at radius 3 is 2.45 bits per heavy atom. The molecule has 0 radical (unpaired) electrons. The summed E-state index contributed by atoms with van der Waals surface area (Å²) in [5, 5.41) is 0. The van der Waals surface area contributed by atoms with E-state index in [0.29, 0.717) is 16.9 Å². The number of aryl methyl sites for hydroxylation is 1. The van der Waals surface area contributed by atoms with E-state index >= 15 is 0 Å². The van der Waals surface area contributed by atoms with Gasteiger partial charge in [0.05, 0.1) is 11.7 Å². The summed E-state index contributed by atoms with van der Waals surface area (Å²) in [5.41, 5.74) is 2.35. The molecular weight excluding hydrogens is 316 g/mol. The van der Waals surface area contributed by atoms with E-state index in [4.69, 9.17) is 4.74 Å². The maximum atomic E-state index is 12.7. The molecule has 2 aromatic rings. The molecule has 0 aliphatic carbocycles. The molecule has 0 fully saturated rings. The van der Waals surface area contributed by atoms with Crippen LogP contribution >= 0.6 is 15.9 Å². The predicted octanol–water partition coefficient (Wildman–Crippen LogP) is 4.78. The molecule has 0 aromatic heterocycles. The smallest absolute Gasteiger partial charge is 0.197 e. The molecule has 104 valence electrons. The van der Waals surface area contributed by atoms with E-state index < -0.39 is 0 Å². The van der Waals surface area contributed by atoms with Crippen LogP contribution in [0.3, 0.4) is 0 Å². The summed E-state index contributed by atoms with van der Waals surface area (Å²) >= 11 is 3.46. The first-order valence-electron chi connectivity index (χ1n) is 6.55. The van der Waals surface area contributed by atoms with Gasteiger partial charge in [-0.25, -0.2) is 0 Å². The third-order valence-corrected chi connectivity index (χ3v) is 3.52. The molecule has 0 spiro atoms. The van der Waals surface area contributed by atoms with Gasteiger partial charge in [0.2, 0.25) is 0 Å². The van der Waals surface area contributed by atoms with Crippen molar-refractivity contribution in [3.05, 3.63) is 63.6 Å². The zero-order valence-corrected chi connectivity index (χ0v) is 13.4. The van der Waals surface area contributed by atoms with Crippen LogP contribution in [-0.2, 0) is 0 Å². The lowest BCUT2D eigenvalue weighted by Crippen LogP contribution is -2.11. The quantitative estimate of drug-likeness (QED) is 0.753. The molecule has 2 aromatic carbocycles. The number of carbonyl (C=O) groups excluding carboxylic acids is 1. The molecule has 0 aliphatic heterocycles. The highest BCUT2D eigenvalue weighted by molar-refractivity contribution is 9.10. The molecule has 0 N–H and O–H groups in total. The van der Waals surface area contributed by atoms with Crippen LogP contribution in [0.15, 0.2) is 46.9 Å². The van der Waals surface area contributed by atoms with Gasteiger partial charge >= 0.3 is 0 Å². The number of hydrogen-bond acceptors (Lipinski definition) is 2. The van der Waals surface area contributed by atoms with Crippen molar-refractivity contribution < 1.29 is 9.53 Å². The summed E-state index contributed by atoms with van der Waals surface area (Å²) in [6.45, 7) is 5.89. The van der Waals surface area contributed by atoms with E-state index in [1.807, 2.05) is 57.2 Å². The maximum absolute atomic E-state index is 12.7. The zero-order chi connectivity index (χ0) is 14.7. The van der Waals surface area contributed by atoms with Crippen molar-refractivity contribution in [2.75, 3.05) is 0 Å². The first kappa shape index (κ1) is 14.8. The highest BCUT2D eigenvalue weighted by atomic mass is 79.9. The lowest BCUT2D eigenvalue weighted by molar-refractivity contribution is 0.103. The monoisotopic (exact) mass is 332 g/mol. The molecule has 20 heavy (non-hydrogen) atoms. The van der Waals surface area contributed by atoms with Crippen LogP contribution < -0.4 is 4.74 Å². The molecule has 0 saturated carbocycles. The van der Waals surface area contributed by atoms with Gasteiger partial charge in [-0.05, 0) is 50.6 Å². The molecule has 0 amide bonds. The fraction of sp³-hybridized carbons (Fsp3) is 0.235. The van der Waals surface area contributed by atoms with Gasteiger partial charge < -0.3 is 4.74 Å². The topological polar surface area (TPSA) is 26.3 Å². The van der Waals surface area contributed by atoms with Gasteiger partial charge in [0.25, 0.3) is 0 Å². The molecule has 0 bridgehead atoms. The van der Waals surface area contributed by atoms with Gasteiger partial charge in [-0.2, -0.15) is 0 Å². The van der Waals surface area contributed by atoms with Gasteiger partial charge in [0, 0.05) is 10.0 Å². The molecule has 0 aliphatic rings. The summed E-state index contributed by atoms with van der Waals surface area (Å²) in [7, 11) is 0. The Morgan fingerprint density at radius 2 is 1.80 bits per heavy atom. The second-order valence-corrected chi connectivity index (χ2v) is 5.83. The average Bonchev–Trinajstić information content (AvgIpc) is 2.38. The fourth-order valence-electron chi connectivity index (χ4n) is 1.96. The third kappa shape index (κ3) is 3.28. The van der Waals surface area contributed by atoms with Gasteiger partial charge in [-0.3, -0.25) is 4.79 Å². The fourth-order valence-corrected chi connectivity index (χ4v) is 2.63. The molecule has 0 heterocycles. The first-order valence-corrected chi connectivity index (χ1v) is 7.35. The molecule has 0 atom stereocenters. The Morgan fingerprint density at radius 1 is 1.10 bits per heavy atom. The molecule has 2 nitrogen and oxygen atoms in total. The highest BCUT2D eigenvalue weighted by Gasteiger charge is 2.17. The number of halogens is 1. The number of ether oxygens (including phenoxy) is 1. The van der Waals surface area contributed by atoms with E-state index in [1.54, 1.807) is 6.07 Å². The Labute approximate surface area is 127 Å². The highest BCUT2D eigenvalue weighted by Crippen LogP contribution is 2.26. The lowest BCUT2D eigenvalue weighted by Gasteiger charge is -2.14. The minimum Gasteiger partial charge on any atom is -0.490 e. The maximum Gasteiger partial charge on any atom is 0.197 e. The minimum atomic E-state index is -0.0341. The van der Waals surface area contributed by atoms with E-state index in [1.165, 1.54) is 0 Å². The van der Waals surface area contributed by atoms with Crippen LogP contribution in [0.4, 0.5) is 0 Å². The predicted molar refractivity (Wildman–Crippen MR) is 84.5 cm³/mol. The number of rotatable bonds is 4. The van der Waals surface area contributed by atoms with Crippen molar-refractivity contribution in [2.24, 2.45) is 0 Å². The minimum absolute atomic E-state index is 0.0328. The number of hydrogen-bond donors (Lipinski definition) is 0. The molecule has 0 saturated heterocycles. The Kier molecular flexibility index (Phi) is 4.61. The van der Waals surface area contributed by atoms with Gasteiger partial charge in [-0.15, -0.1) is 0 Å². The van der Waals surface area contributed by atoms with Gasteiger partial charge in [-0.1, -0.05) is 34.1 Å². The van der Waals surface area contributed by atoms with Crippen LogP contribution in [0.25, 0.3) is 0 Å². The van der Waals surface area contributed by atoms with Gasteiger partial charge in [0.1, 0.15) is 5.75 Å². The van der Waals surface area contributed by atoms with Crippen LogP contribution in [-0.4, -0.2) is 11.9 Å². The number of carbonyl (C=O) groups is 1. The SMILES string of the molecule is Cc1ccc(C(=O)c2ccccc2OC(C)C)c(Br)c1. The van der Waals surface area contributed by atoms with Crippen molar-refractivity contribution in [3.63, 3.8) is 0 Å². The standard InChI is InChI=1S/C17H17BrO2/c1-11(2)20-16-7-5-4-6-14(16)17(19)13-9-8-12(3)10-15(13)18/h4-11H,1-3H3. The molecular formula is C17H17BrO2. The van der Waals surface area contributed by atoms with Crippen LogP contribution in [0.1, 0.15) is 35.3 Å². The summed E-state index contributed by atoms with van der Waals surface area (Å²) in [5.74, 6) is 0.591.